The molecule has 1 heterocycles. The summed E-state index contributed by atoms with van der Waals surface area (Å²) in [4.78, 5) is 0. The van der Waals surface area contributed by atoms with Gasteiger partial charge in [-0.3, -0.25) is 4.68 Å². The standard InChI is InChI=1S/C14H16IN3/c15-12-3-1-11(2-4-12)10-18-14(7-8-17-18)9-16-13-5-6-13/h1-4,7-8,13,16H,5-6,9-10H2. The number of hydrogen-bond donors (Lipinski definition) is 1. The molecule has 1 aliphatic carbocycles. The Morgan fingerprint density at radius 3 is 2.72 bits per heavy atom. The van der Waals surface area contributed by atoms with Crippen molar-refractivity contribution in [1.29, 1.82) is 0 Å². The van der Waals surface area contributed by atoms with Gasteiger partial charge < -0.3 is 5.32 Å². The molecule has 0 bridgehead atoms. The Kier molecular flexibility index (Phi) is 3.65. The Morgan fingerprint density at radius 1 is 1.22 bits per heavy atom. The van der Waals surface area contributed by atoms with Crippen LogP contribution in [0.25, 0.3) is 0 Å². The molecular formula is C14H16IN3. The van der Waals surface area contributed by atoms with Crippen LogP contribution in [0.3, 0.4) is 0 Å². The summed E-state index contributed by atoms with van der Waals surface area (Å²) in [5, 5.41) is 7.94. The van der Waals surface area contributed by atoms with E-state index in [1.807, 2.05) is 6.20 Å². The van der Waals surface area contributed by atoms with E-state index < -0.39 is 0 Å². The van der Waals surface area contributed by atoms with Crippen LogP contribution in [0.15, 0.2) is 36.5 Å². The Bertz CT molecular complexity index is 514. The van der Waals surface area contributed by atoms with Crippen LogP contribution in [0.2, 0.25) is 0 Å². The molecule has 1 fully saturated rings. The topological polar surface area (TPSA) is 29.9 Å². The van der Waals surface area contributed by atoms with E-state index in [0.717, 1.165) is 19.1 Å². The van der Waals surface area contributed by atoms with Crippen molar-refractivity contribution in [3.8, 4) is 0 Å². The zero-order valence-electron chi connectivity index (χ0n) is 10.1. The number of benzene rings is 1. The van der Waals surface area contributed by atoms with Gasteiger partial charge in [0.1, 0.15) is 0 Å². The maximum absolute atomic E-state index is 4.41. The van der Waals surface area contributed by atoms with E-state index in [0.29, 0.717) is 0 Å². The molecule has 1 N–H and O–H groups in total. The third kappa shape index (κ3) is 3.11. The van der Waals surface area contributed by atoms with E-state index in [1.54, 1.807) is 0 Å². The van der Waals surface area contributed by atoms with Crippen molar-refractivity contribution < 1.29 is 0 Å². The van der Waals surface area contributed by atoms with Crippen LogP contribution in [0, 0.1) is 3.57 Å². The minimum atomic E-state index is 0.742. The average molecular weight is 353 g/mol. The largest absolute Gasteiger partial charge is 0.308 e. The predicted molar refractivity (Wildman–Crippen MR) is 80.3 cm³/mol. The van der Waals surface area contributed by atoms with Gasteiger partial charge in [0.15, 0.2) is 0 Å². The first-order chi connectivity index (χ1) is 8.81. The van der Waals surface area contributed by atoms with Crippen LogP contribution in [0.1, 0.15) is 24.1 Å². The molecule has 0 spiro atoms. The molecule has 1 aromatic carbocycles. The quantitative estimate of drug-likeness (QED) is 0.838. The van der Waals surface area contributed by atoms with Crippen molar-refractivity contribution in [2.45, 2.75) is 32.0 Å². The Morgan fingerprint density at radius 2 is 2.00 bits per heavy atom. The van der Waals surface area contributed by atoms with Gasteiger partial charge in [-0.05, 0) is 59.2 Å². The van der Waals surface area contributed by atoms with Gasteiger partial charge in [0.25, 0.3) is 0 Å². The summed E-state index contributed by atoms with van der Waals surface area (Å²) in [5.41, 5.74) is 2.56. The monoisotopic (exact) mass is 353 g/mol. The summed E-state index contributed by atoms with van der Waals surface area (Å²) in [6, 6.07) is 11.5. The molecule has 1 aromatic heterocycles. The molecule has 94 valence electrons. The van der Waals surface area contributed by atoms with Gasteiger partial charge in [0.05, 0.1) is 12.2 Å². The molecule has 0 aliphatic heterocycles. The first-order valence-electron chi connectivity index (χ1n) is 6.30. The van der Waals surface area contributed by atoms with E-state index in [1.165, 1.54) is 27.7 Å². The Hall–Kier alpha value is -0.880. The number of hydrogen-bond acceptors (Lipinski definition) is 2. The zero-order chi connectivity index (χ0) is 12.4. The number of halogens is 1. The molecule has 3 nitrogen and oxygen atoms in total. The molecule has 1 saturated carbocycles. The molecule has 18 heavy (non-hydrogen) atoms. The van der Waals surface area contributed by atoms with Gasteiger partial charge in [-0.2, -0.15) is 5.10 Å². The minimum absolute atomic E-state index is 0.742. The fraction of sp³-hybridized carbons (Fsp3) is 0.357. The molecular weight excluding hydrogens is 337 g/mol. The third-order valence-corrected chi connectivity index (χ3v) is 3.92. The van der Waals surface area contributed by atoms with Gasteiger partial charge in [-0.1, -0.05) is 12.1 Å². The van der Waals surface area contributed by atoms with Crippen molar-refractivity contribution in [2.24, 2.45) is 0 Å². The molecule has 2 aromatic rings. The number of aromatic nitrogens is 2. The van der Waals surface area contributed by atoms with Crippen LogP contribution in [-0.4, -0.2) is 15.8 Å². The Balaban J connectivity index is 1.67. The highest BCUT2D eigenvalue weighted by Gasteiger charge is 2.20. The second kappa shape index (κ2) is 5.40. The third-order valence-electron chi connectivity index (χ3n) is 3.20. The van der Waals surface area contributed by atoms with E-state index in [9.17, 15) is 0 Å². The summed E-state index contributed by atoms with van der Waals surface area (Å²) in [5.74, 6) is 0. The molecule has 0 atom stereocenters. The molecule has 1 aliphatic rings. The summed E-state index contributed by atoms with van der Waals surface area (Å²) in [7, 11) is 0. The van der Waals surface area contributed by atoms with Crippen molar-refractivity contribution in [3.05, 3.63) is 51.4 Å². The molecule has 4 heteroatoms. The summed E-state index contributed by atoms with van der Waals surface area (Å²) >= 11 is 2.33. The maximum Gasteiger partial charge on any atom is 0.0663 e. The maximum atomic E-state index is 4.41. The lowest BCUT2D eigenvalue weighted by atomic mass is 10.2. The van der Waals surface area contributed by atoms with Crippen molar-refractivity contribution >= 4 is 22.6 Å². The second-order valence-corrected chi connectivity index (χ2v) is 6.01. The van der Waals surface area contributed by atoms with Crippen molar-refractivity contribution in [2.75, 3.05) is 0 Å². The molecule has 0 unspecified atom stereocenters. The first kappa shape index (κ1) is 12.2. The normalized spacial score (nSPS) is 14.9. The van der Waals surface area contributed by atoms with Crippen LogP contribution in [0.5, 0.6) is 0 Å². The first-order valence-corrected chi connectivity index (χ1v) is 7.37. The highest BCUT2D eigenvalue weighted by atomic mass is 127. The predicted octanol–water partition coefficient (Wildman–Crippen LogP) is 2.79. The second-order valence-electron chi connectivity index (χ2n) is 4.76. The summed E-state index contributed by atoms with van der Waals surface area (Å²) in [6.45, 7) is 1.78. The van der Waals surface area contributed by atoms with E-state index in [2.05, 4.69) is 68.0 Å². The van der Waals surface area contributed by atoms with Crippen molar-refractivity contribution in [3.63, 3.8) is 0 Å². The van der Waals surface area contributed by atoms with Crippen LogP contribution in [0.4, 0.5) is 0 Å². The SMILES string of the molecule is Ic1ccc(Cn2nccc2CNC2CC2)cc1. The lowest BCUT2D eigenvalue weighted by molar-refractivity contribution is 0.593. The highest BCUT2D eigenvalue weighted by Crippen LogP contribution is 2.19. The van der Waals surface area contributed by atoms with Gasteiger partial charge in [0, 0.05) is 22.4 Å². The van der Waals surface area contributed by atoms with Gasteiger partial charge in [-0.25, -0.2) is 0 Å². The van der Waals surface area contributed by atoms with E-state index in [-0.39, 0.29) is 0 Å². The van der Waals surface area contributed by atoms with E-state index in [4.69, 9.17) is 0 Å². The molecule has 0 saturated heterocycles. The zero-order valence-corrected chi connectivity index (χ0v) is 12.3. The number of nitrogens with zero attached hydrogens (tertiary/aromatic N) is 2. The molecule has 0 amide bonds. The minimum Gasteiger partial charge on any atom is -0.308 e. The van der Waals surface area contributed by atoms with Gasteiger partial charge in [-0.15, -0.1) is 0 Å². The molecule has 3 rings (SSSR count). The summed E-state index contributed by atoms with van der Waals surface area (Å²) in [6.07, 6.45) is 4.53. The number of rotatable bonds is 5. The fourth-order valence-electron chi connectivity index (χ4n) is 1.95. The van der Waals surface area contributed by atoms with Crippen molar-refractivity contribution in [1.82, 2.24) is 15.1 Å². The van der Waals surface area contributed by atoms with Crippen LogP contribution in [-0.2, 0) is 13.1 Å². The Labute approximate surface area is 121 Å². The van der Waals surface area contributed by atoms with Gasteiger partial charge in [0.2, 0.25) is 0 Å². The summed E-state index contributed by atoms with van der Waals surface area (Å²) < 4.78 is 3.35. The van der Waals surface area contributed by atoms with Crippen LogP contribution < -0.4 is 5.32 Å². The highest BCUT2D eigenvalue weighted by molar-refractivity contribution is 14.1. The number of nitrogens with one attached hydrogen (secondary N) is 1. The lowest BCUT2D eigenvalue weighted by Crippen LogP contribution is -2.18. The average Bonchev–Trinajstić information content (AvgIpc) is 3.11. The van der Waals surface area contributed by atoms with Crippen LogP contribution >= 0.6 is 22.6 Å². The van der Waals surface area contributed by atoms with E-state index >= 15 is 0 Å². The van der Waals surface area contributed by atoms with Gasteiger partial charge >= 0.3 is 0 Å². The smallest absolute Gasteiger partial charge is 0.0663 e. The fourth-order valence-corrected chi connectivity index (χ4v) is 2.31. The molecule has 0 radical (unpaired) electrons. The lowest BCUT2D eigenvalue weighted by Gasteiger charge is -2.08.